The van der Waals surface area contributed by atoms with E-state index in [0.717, 1.165) is 29.5 Å². The molecular formula is C14H16O2. The molecule has 2 rings (SSSR count). The van der Waals surface area contributed by atoms with Gasteiger partial charge in [-0.3, -0.25) is 0 Å². The summed E-state index contributed by atoms with van der Waals surface area (Å²) < 4.78 is 5.54. The van der Waals surface area contributed by atoms with Crippen molar-refractivity contribution < 1.29 is 9.84 Å². The molecule has 2 nitrogen and oxygen atoms in total. The van der Waals surface area contributed by atoms with Crippen LogP contribution in [0, 0.1) is 0 Å². The van der Waals surface area contributed by atoms with Crippen LogP contribution in [-0.4, -0.2) is 5.11 Å². The first-order chi connectivity index (χ1) is 7.61. The Labute approximate surface area is 95.9 Å². The molecule has 0 aromatic heterocycles. The molecule has 0 saturated heterocycles. The van der Waals surface area contributed by atoms with Crippen molar-refractivity contribution in [3.63, 3.8) is 0 Å². The van der Waals surface area contributed by atoms with Crippen LogP contribution in [0.4, 0.5) is 0 Å². The zero-order valence-electron chi connectivity index (χ0n) is 9.71. The Balaban J connectivity index is 2.53. The summed E-state index contributed by atoms with van der Waals surface area (Å²) in [6.45, 7) is 7.85. The van der Waals surface area contributed by atoms with Gasteiger partial charge >= 0.3 is 0 Å². The quantitative estimate of drug-likeness (QED) is 0.817. The molecule has 1 aliphatic rings. The molecule has 0 fully saturated rings. The van der Waals surface area contributed by atoms with Gasteiger partial charge in [0.1, 0.15) is 17.3 Å². The third kappa shape index (κ3) is 1.83. The lowest BCUT2D eigenvalue weighted by Crippen LogP contribution is -2.02. The highest BCUT2D eigenvalue weighted by molar-refractivity contribution is 5.77. The standard InChI is InChI=1S/C14H16O2/c1-4-5-11-7-12(15)14-9(2)6-10(3)16-13(14)8-11/h6-8,15H,3-5H2,1-2H3. The number of allylic oxidation sites excluding steroid dienone is 2. The number of ether oxygens (including phenoxy) is 1. The van der Waals surface area contributed by atoms with Crippen LogP contribution in [0.3, 0.4) is 0 Å². The van der Waals surface area contributed by atoms with Gasteiger partial charge in [-0.2, -0.15) is 0 Å². The number of hydrogen-bond acceptors (Lipinski definition) is 2. The van der Waals surface area contributed by atoms with Gasteiger partial charge < -0.3 is 9.84 Å². The zero-order valence-corrected chi connectivity index (χ0v) is 9.71. The fourth-order valence-corrected chi connectivity index (χ4v) is 2.05. The molecule has 1 aliphatic heterocycles. The molecule has 16 heavy (non-hydrogen) atoms. The maximum absolute atomic E-state index is 9.97. The second-order valence-electron chi connectivity index (χ2n) is 4.13. The lowest BCUT2D eigenvalue weighted by molar-refractivity contribution is 0.425. The molecule has 0 radical (unpaired) electrons. The summed E-state index contributed by atoms with van der Waals surface area (Å²) in [5.41, 5.74) is 2.88. The van der Waals surface area contributed by atoms with Crippen molar-refractivity contribution in [3.8, 4) is 11.5 Å². The second kappa shape index (κ2) is 4.05. The minimum absolute atomic E-state index is 0.294. The van der Waals surface area contributed by atoms with Crippen LogP contribution in [0.2, 0.25) is 0 Å². The minimum atomic E-state index is 0.294. The summed E-state index contributed by atoms with van der Waals surface area (Å²) >= 11 is 0. The van der Waals surface area contributed by atoms with Crippen molar-refractivity contribution in [2.75, 3.05) is 0 Å². The van der Waals surface area contributed by atoms with E-state index in [2.05, 4.69) is 13.5 Å². The van der Waals surface area contributed by atoms with E-state index in [0.29, 0.717) is 17.3 Å². The number of benzene rings is 1. The normalized spacial score (nSPS) is 14.1. The van der Waals surface area contributed by atoms with Crippen molar-refractivity contribution >= 4 is 5.57 Å². The highest BCUT2D eigenvalue weighted by atomic mass is 16.5. The van der Waals surface area contributed by atoms with Gasteiger partial charge in [0.2, 0.25) is 0 Å². The maximum Gasteiger partial charge on any atom is 0.138 e. The first kappa shape index (κ1) is 10.8. The zero-order chi connectivity index (χ0) is 11.7. The Morgan fingerprint density at radius 1 is 1.38 bits per heavy atom. The van der Waals surface area contributed by atoms with E-state index < -0.39 is 0 Å². The van der Waals surface area contributed by atoms with Crippen LogP contribution in [0.5, 0.6) is 11.5 Å². The van der Waals surface area contributed by atoms with Crippen molar-refractivity contribution in [2.24, 2.45) is 0 Å². The molecule has 1 aromatic carbocycles. The lowest BCUT2D eigenvalue weighted by atomic mass is 9.98. The number of phenolic OH excluding ortho intramolecular Hbond substituents is 1. The summed E-state index contributed by atoms with van der Waals surface area (Å²) in [7, 11) is 0. The van der Waals surface area contributed by atoms with E-state index >= 15 is 0 Å². The fraction of sp³-hybridized carbons (Fsp3) is 0.286. The van der Waals surface area contributed by atoms with E-state index in [-0.39, 0.29) is 0 Å². The predicted molar refractivity (Wildman–Crippen MR) is 65.5 cm³/mol. The van der Waals surface area contributed by atoms with E-state index in [4.69, 9.17) is 4.74 Å². The smallest absolute Gasteiger partial charge is 0.138 e. The molecule has 0 saturated carbocycles. The van der Waals surface area contributed by atoms with Crippen molar-refractivity contribution in [3.05, 3.63) is 41.7 Å². The maximum atomic E-state index is 9.97. The molecule has 0 unspecified atom stereocenters. The summed E-state index contributed by atoms with van der Waals surface area (Å²) in [6, 6.07) is 3.80. The van der Waals surface area contributed by atoms with Gasteiger partial charge in [-0.25, -0.2) is 0 Å². The average molecular weight is 216 g/mol. The van der Waals surface area contributed by atoms with Gasteiger partial charge in [0.05, 0.1) is 5.56 Å². The van der Waals surface area contributed by atoms with Crippen molar-refractivity contribution in [2.45, 2.75) is 26.7 Å². The Bertz CT molecular complexity index is 470. The van der Waals surface area contributed by atoms with E-state index in [1.807, 2.05) is 25.1 Å². The largest absolute Gasteiger partial charge is 0.507 e. The summed E-state index contributed by atoms with van der Waals surface area (Å²) in [4.78, 5) is 0. The predicted octanol–water partition coefficient (Wildman–Crippen LogP) is 3.65. The van der Waals surface area contributed by atoms with Gasteiger partial charge in [0, 0.05) is 0 Å². The van der Waals surface area contributed by atoms with Gasteiger partial charge in [0.15, 0.2) is 0 Å². The van der Waals surface area contributed by atoms with Crippen LogP contribution in [0.25, 0.3) is 5.57 Å². The number of phenols is 1. The van der Waals surface area contributed by atoms with Crippen LogP contribution >= 0.6 is 0 Å². The Kier molecular flexibility index (Phi) is 2.73. The monoisotopic (exact) mass is 216 g/mol. The molecule has 2 heteroatoms. The molecule has 0 amide bonds. The molecule has 0 spiro atoms. The molecule has 0 atom stereocenters. The number of aryl methyl sites for hydroxylation is 1. The van der Waals surface area contributed by atoms with Gasteiger partial charge in [-0.05, 0) is 42.7 Å². The minimum Gasteiger partial charge on any atom is -0.507 e. The third-order valence-electron chi connectivity index (χ3n) is 2.69. The summed E-state index contributed by atoms with van der Waals surface area (Å²) in [6.07, 6.45) is 3.83. The molecule has 84 valence electrons. The van der Waals surface area contributed by atoms with Crippen LogP contribution in [-0.2, 0) is 6.42 Å². The Hall–Kier alpha value is -1.70. The van der Waals surface area contributed by atoms with Crippen LogP contribution in [0.1, 0.15) is 31.4 Å². The SMILES string of the molecule is C=C1C=C(C)c2c(O)cc(CCC)cc2O1. The van der Waals surface area contributed by atoms with Gasteiger partial charge in [-0.1, -0.05) is 19.9 Å². The van der Waals surface area contributed by atoms with Crippen LogP contribution < -0.4 is 4.74 Å². The number of hydrogen-bond donors (Lipinski definition) is 1. The molecule has 1 N–H and O–H groups in total. The summed E-state index contributed by atoms with van der Waals surface area (Å²) in [5, 5.41) is 9.97. The average Bonchev–Trinajstić information content (AvgIpc) is 2.15. The van der Waals surface area contributed by atoms with Crippen molar-refractivity contribution in [1.29, 1.82) is 0 Å². The second-order valence-corrected chi connectivity index (χ2v) is 4.13. The number of fused-ring (bicyclic) bond motifs is 1. The number of aromatic hydroxyl groups is 1. The molecule has 1 heterocycles. The van der Waals surface area contributed by atoms with Gasteiger partial charge in [0.25, 0.3) is 0 Å². The highest BCUT2D eigenvalue weighted by Gasteiger charge is 2.18. The van der Waals surface area contributed by atoms with E-state index in [1.54, 1.807) is 0 Å². The Morgan fingerprint density at radius 3 is 2.81 bits per heavy atom. The topological polar surface area (TPSA) is 29.5 Å². The third-order valence-corrected chi connectivity index (χ3v) is 2.69. The van der Waals surface area contributed by atoms with E-state index in [1.165, 1.54) is 0 Å². The summed E-state index contributed by atoms with van der Waals surface area (Å²) in [5.74, 6) is 1.63. The molecule has 0 bridgehead atoms. The first-order valence-corrected chi connectivity index (χ1v) is 5.53. The molecule has 1 aromatic rings. The molecular weight excluding hydrogens is 200 g/mol. The fourth-order valence-electron chi connectivity index (χ4n) is 2.05. The number of rotatable bonds is 2. The molecule has 0 aliphatic carbocycles. The lowest BCUT2D eigenvalue weighted by Gasteiger charge is -2.19. The first-order valence-electron chi connectivity index (χ1n) is 5.53. The van der Waals surface area contributed by atoms with Gasteiger partial charge in [-0.15, -0.1) is 0 Å². The Morgan fingerprint density at radius 2 is 2.12 bits per heavy atom. The highest BCUT2D eigenvalue weighted by Crippen LogP contribution is 2.39. The van der Waals surface area contributed by atoms with E-state index in [9.17, 15) is 5.11 Å². The van der Waals surface area contributed by atoms with Crippen LogP contribution in [0.15, 0.2) is 30.5 Å². The van der Waals surface area contributed by atoms with Crippen molar-refractivity contribution in [1.82, 2.24) is 0 Å².